The molecular weight excluding hydrogens is 482 g/mol. The van der Waals surface area contributed by atoms with Crippen molar-refractivity contribution in [1.82, 2.24) is 5.32 Å². The zero-order valence-electron chi connectivity index (χ0n) is 20.3. The Kier molecular flexibility index (Phi) is 7.45. The van der Waals surface area contributed by atoms with E-state index in [1.165, 1.54) is 18.2 Å². The van der Waals surface area contributed by atoms with Crippen LogP contribution in [0.2, 0.25) is 0 Å². The summed E-state index contributed by atoms with van der Waals surface area (Å²) in [5.41, 5.74) is 0.657. The van der Waals surface area contributed by atoms with Gasteiger partial charge in [0.1, 0.15) is 11.5 Å². The number of halogens is 2. The second-order valence-corrected chi connectivity index (χ2v) is 9.36. The predicted molar refractivity (Wildman–Crippen MR) is 134 cm³/mol. The molecule has 0 aromatic heterocycles. The summed E-state index contributed by atoms with van der Waals surface area (Å²) >= 11 is 0. The molecule has 194 valence electrons. The van der Waals surface area contributed by atoms with E-state index in [1.54, 1.807) is 42.5 Å². The number of carbonyl (C=O) groups excluding carboxylic acids is 2. The molecule has 0 bridgehead atoms. The summed E-state index contributed by atoms with van der Waals surface area (Å²) in [6, 6.07) is 16.8. The summed E-state index contributed by atoms with van der Waals surface area (Å²) in [5, 5.41) is 25.2. The Morgan fingerprint density at radius 2 is 1.70 bits per heavy atom. The Hall–Kier alpha value is -3.98. The van der Waals surface area contributed by atoms with Crippen LogP contribution in [0.3, 0.4) is 0 Å². The summed E-state index contributed by atoms with van der Waals surface area (Å²) in [6.07, 6.45) is 0.228. The van der Waals surface area contributed by atoms with Gasteiger partial charge in [-0.1, -0.05) is 30.3 Å². The predicted octanol–water partition coefficient (Wildman–Crippen LogP) is 5.25. The highest BCUT2D eigenvalue weighted by Gasteiger charge is 2.44. The summed E-state index contributed by atoms with van der Waals surface area (Å²) in [5.74, 6) is -4.19. The van der Waals surface area contributed by atoms with E-state index in [0.29, 0.717) is 24.4 Å². The summed E-state index contributed by atoms with van der Waals surface area (Å²) in [7, 11) is 0. The van der Waals surface area contributed by atoms with Crippen molar-refractivity contribution in [3.63, 3.8) is 0 Å². The average molecular weight is 511 g/mol. The van der Waals surface area contributed by atoms with Crippen molar-refractivity contribution in [3.05, 3.63) is 83.4 Å². The molecular formula is C28H28F2N2O5. The van der Waals surface area contributed by atoms with Crippen molar-refractivity contribution in [2.45, 2.75) is 32.2 Å². The number of ketones is 1. The van der Waals surface area contributed by atoms with E-state index < -0.39 is 11.3 Å². The molecule has 7 nitrogen and oxygen atoms in total. The van der Waals surface area contributed by atoms with Crippen molar-refractivity contribution in [2.75, 3.05) is 18.5 Å². The molecule has 0 unspecified atom stereocenters. The molecule has 1 amide bonds. The van der Waals surface area contributed by atoms with Gasteiger partial charge in [0.15, 0.2) is 5.78 Å². The van der Waals surface area contributed by atoms with E-state index in [9.17, 15) is 28.6 Å². The maximum Gasteiger partial charge on any atom is 0.272 e. The van der Waals surface area contributed by atoms with Gasteiger partial charge in [0.25, 0.3) is 5.92 Å². The molecule has 1 saturated heterocycles. The second kappa shape index (κ2) is 10.6. The number of benzene rings is 3. The van der Waals surface area contributed by atoms with Gasteiger partial charge in [0, 0.05) is 55.1 Å². The Labute approximate surface area is 213 Å². The molecule has 3 aromatic carbocycles. The Bertz CT molecular complexity index is 1260. The molecule has 3 aromatic rings. The Morgan fingerprint density at radius 3 is 2.32 bits per heavy atom. The third-order valence-corrected chi connectivity index (χ3v) is 6.39. The minimum atomic E-state index is -2.99. The van der Waals surface area contributed by atoms with E-state index in [2.05, 4.69) is 10.6 Å². The highest BCUT2D eigenvalue weighted by Crippen LogP contribution is 2.36. The number of amides is 1. The van der Waals surface area contributed by atoms with Crippen LogP contribution in [-0.2, 0) is 22.0 Å². The molecule has 1 aliphatic rings. The van der Waals surface area contributed by atoms with Gasteiger partial charge in [-0.25, -0.2) is 8.78 Å². The number of aromatic hydroxyl groups is 2. The molecule has 0 aliphatic carbocycles. The third-order valence-electron chi connectivity index (χ3n) is 6.39. The molecule has 1 aliphatic heterocycles. The van der Waals surface area contributed by atoms with Gasteiger partial charge in [0.05, 0.1) is 12.0 Å². The van der Waals surface area contributed by atoms with E-state index in [0.717, 1.165) is 18.6 Å². The van der Waals surface area contributed by atoms with Crippen LogP contribution in [0.25, 0.3) is 0 Å². The lowest BCUT2D eigenvalue weighted by Gasteiger charge is -2.25. The van der Waals surface area contributed by atoms with Gasteiger partial charge in [-0.2, -0.15) is 0 Å². The lowest BCUT2D eigenvalue weighted by Crippen LogP contribution is -2.42. The number of anilines is 2. The molecule has 4 rings (SSSR count). The van der Waals surface area contributed by atoms with Gasteiger partial charge in [-0.15, -0.1) is 0 Å². The Morgan fingerprint density at radius 1 is 1.03 bits per heavy atom. The van der Waals surface area contributed by atoms with E-state index >= 15 is 0 Å². The van der Waals surface area contributed by atoms with Crippen LogP contribution in [0.15, 0.2) is 66.7 Å². The number of para-hydroxylation sites is 1. The third kappa shape index (κ3) is 6.24. The lowest BCUT2D eigenvalue weighted by molar-refractivity contribution is -0.131. The van der Waals surface area contributed by atoms with Crippen molar-refractivity contribution in [1.29, 1.82) is 0 Å². The number of alkyl halides is 2. The fourth-order valence-electron chi connectivity index (χ4n) is 4.38. The quantitative estimate of drug-likeness (QED) is 0.293. The van der Waals surface area contributed by atoms with Gasteiger partial charge >= 0.3 is 0 Å². The minimum Gasteiger partial charge on any atom is -0.508 e. The molecule has 0 radical (unpaired) electrons. The smallest absolute Gasteiger partial charge is 0.272 e. The SMILES string of the molecule is CC(F)(F)c1ccccc1Nc1ccc(CNC(=O)[C@]2(CC(=O)c3cc(O)cc(O)c3)CCOC2)cc1. The summed E-state index contributed by atoms with van der Waals surface area (Å²) in [4.78, 5) is 26.0. The number of hydrogen-bond acceptors (Lipinski definition) is 6. The summed E-state index contributed by atoms with van der Waals surface area (Å²) in [6.45, 7) is 1.47. The lowest BCUT2D eigenvalue weighted by atomic mass is 9.79. The Balaban J connectivity index is 1.40. The van der Waals surface area contributed by atoms with Crippen LogP contribution in [0.5, 0.6) is 11.5 Å². The number of Topliss-reactive ketones (excluding diaryl/α,β-unsaturated/α-hetero) is 1. The highest BCUT2D eigenvalue weighted by molar-refractivity contribution is 6.00. The monoisotopic (exact) mass is 510 g/mol. The van der Waals surface area contributed by atoms with Crippen molar-refractivity contribution in [3.8, 4) is 11.5 Å². The minimum absolute atomic E-state index is 0.0830. The van der Waals surface area contributed by atoms with Gasteiger partial charge in [0.2, 0.25) is 5.91 Å². The number of nitrogens with one attached hydrogen (secondary N) is 2. The van der Waals surface area contributed by atoms with Crippen molar-refractivity contribution < 1.29 is 33.3 Å². The molecule has 4 N–H and O–H groups in total. The normalized spacial score (nSPS) is 17.4. The number of carbonyl (C=O) groups is 2. The first-order valence-corrected chi connectivity index (χ1v) is 11.8. The molecule has 37 heavy (non-hydrogen) atoms. The first-order valence-electron chi connectivity index (χ1n) is 11.8. The maximum absolute atomic E-state index is 13.9. The average Bonchev–Trinajstić information content (AvgIpc) is 3.32. The molecule has 1 fully saturated rings. The number of ether oxygens (including phenoxy) is 1. The largest absolute Gasteiger partial charge is 0.508 e. The van der Waals surface area contributed by atoms with Crippen LogP contribution in [0.4, 0.5) is 20.2 Å². The fraction of sp³-hybridized carbons (Fsp3) is 0.286. The van der Waals surface area contributed by atoms with E-state index in [1.807, 2.05) is 0 Å². The molecule has 9 heteroatoms. The van der Waals surface area contributed by atoms with Crippen LogP contribution in [0.1, 0.15) is 41.3 Å². The van der Waals surface area contributed by atoms with Crippen LogP contribution >= 0.6 is 0 Å². The van der Waals surface area contributed by atoms with Crippen molar-refractivity contribution in [2.24, 2.45) is 5.41 Å². The molecule has 1 heterocycles. The first kappa shape index (κ1) is 26.1. The van der Waals surface area contributed by atoms with Gasteiger partial charge in [-0.3, -0.25) is 9.59 Å². The topological polar surface area (TPSA) is 108 Å². The van der Waals surface area contributed by atoms with Gasteiger partial charge < -0.3 is 25.6 Å². The fourth-order valence-corrected chi connectivity index (χ4v) is 4.38. The zero-order valence-corrected chi connectivity index (χ0v) is 20.3. The van der Waals surface area contributed by atoms with Crippen LogP contribution in [-0.4, -0.2) is 35.1 Å². The number of hydrogen-bond donors (Lipinski definition) is 4. The van der Waals surface area contributed by atoms with E-state index in [-0.39, 0.29) is 53.9 Å². The van der Waals surface area contributed by atoms with Gasteiger partial charge in [-0.05, 0) is 42.3 Å². The highest BCUT2D eigenvalue weighted by atomic mass is 19.3. The first-order chi connectivity index (χ1) is 17.6. The van der Waals surface area contributed by atoms with Crippen LogP contribution < -0.4 is 10.6 Å². The van der Waals surface area contributed by atoms with E-state index in [4.69, 9.17) is 4.74 Å². The molecule has 1 atom stereocenters. The number of phenolic OH excluding ortho intramolecular Hbond substituents is 2. The maximum atomic E-state index is 13.9. The standard InChI is InChI=1S/C28H28F2N2O5/c1-27(29,30)23-4-2-3-5-24(23)32-20-8-6-18(7-9-20)16-31-26(36)28(10-11-37-17-28)15-25(35)19-12-21(33)14-22(34)13-19/h2-9,12-14,32-34H,10-11,15-17H2,1H3,(H,31,36)/t28-/m0/s1. The molecule has 0 spiro atoms. The van der Waals surface area contributed by atoms with Crippen LogP contribution in [0, 0.1) is 5.41 Å². The second-order valence-electron chi connectivity index (χ2n) is 9.36. The summed E-state index contributed by atoms with van der Waals surface area (Å²) < 4.78 is 33.2. The zero-order chi connectivity index (χ0) is 26.6. The molecule has 0 saturated carbocycles. The number of phenols is 2. The number of rotatable bonds is 9. The van der Waals surface area contributed by atoms with Crippen molar-refractivity contribution >= 4 is 23.1 Å².